The van der Waals surface area contributed by atoms with Gasteiger partial charge in [-0.3, -0.25) is 19.4 Å². The Morgan fingerprint density at radius 3 is 2.52 bits per heavy atom. The van der Waals surface area contributed by atoms with Crippen molar-refractivity contribution in [2.75, 3.05) is 43.2 Å². The Bertz CT molecular complexity index is 2620. The summed E-state index contributed by atoms with van der Waals surface area (Å²) in [7, 11) is 3.33. The topological polar surface area (TPSA) is 168 Å². The first kappa shape index (κ1) is 42.5. The number of anilines is 4. The molecule has 0 saturated carbocycles. The van der Waals surface area contributed by atoms with E-state index in [0.29, 0.717) is 28.4 Å². The van der Waals surface area contributed by atoms with Crippen LogP contribution in [-0.4, -0.2) is 55.4 Å². The van der Waals surface area contributed by atoms with Gasteiger partial charge in [-0.15, -0.1) is 0 Å². The quantitative estimate of drug-likeness (QED) is 0.0172. The van der Waals surface area contributed by atoms with Gasteiger partial charge in [0.25, 0.3) is 11.8 Å². The highest BCUT2D eigenvalue weighted by Gasteiger charge is 2.17. The Morgan fingerprint density at radius 1 is 0.933 bits per heavy atom. The fourth-order valence-corrected chi connectivity index (χ4v) is 7.64. The molecule has 0 fully saturated rings. The van der Waals surface area contributed by atoms with Gasteiger partial charge in [0.15, 0.2) is 0 Å². The lowest BCUT2D eigenvalue weighted by Crippen LogP contribution is -2.18. The Hall–Kier alpha value is -7.07. The van der Waals surface area contributed by atoms with Crippen LogP contribution in [0.4, 0.5) is 22.7 Å². The molecule has 5 aromatic carbocycles. The molecule has 304 valence electrons. The summed E-state index contributed by atoms with van der Waals surface area (Å²) < 4.78 is 5.38. The Kier molecular flexibility index (Phi) is 14.6. The molecule has 0 unspecified atom stereocenters. The molecule has 11 nitrogen and oxygen atoms in total. The normalized spacial score (nSPS) is 10.8. The summed E-state index contributed by atoms with van der Waals surface area (Å²) in [6, 6.07) is 29.8. The Morgan fingerprint density at radius 2 is 1.75 bits per heavy atom. The van der Waals surface area contributed by atoms with Crippen LogP contribution < -0.4 is 31.7 Å². The molecule has 1 aromatic heterocycles. The van der Waals surface area contributed by atoms with Crippen LogP contribution in [0.5, 0.6) is 11.5 Å². The number of aromatic nitrogens is 1. The van der Waals surface area contributed by atoms with Gasteiger partial charge in [-0.1, -0.05) is 41.8 Å². The van der Waals surface area contributed by atoms with E-state index in [1.807, 2.05) is 91.9 Å². The second-order valence-electron chi connectivity index (χ2n) is 13.7. The highest BCUT2D eigenvalue weighted by atomic mass is 32.2. The average molecular weight is 819 g/mol. The fraction of sp³-hybridized carbons (Fsp3) is 0.167. The van der Waals surface area contributed by atoms with Crippen molar-refractivity contribution in [1.82, 2.24) is 10.3 Å². The van der Waals surface area contributed by atoms with Crippen LogP contribution in [0.15, 0.2) is 119 Å². The molecule has 6 aromatic rings. The summed E-state index contributed by atoms with van der Waals surface area (Å²) in [5, 5.41) is 23.7. The minimum Gasteiger partial charge on any atom is -0.506 e. The molecular weight excluding hydrogens is 773 g/mol. The summed E-state index contributed by atoms with van der Waals surface area (Å²) in [6.07, 6.45) is 7.69. The number of phenolic OH excluding ortho intramolecular Hbond substituents is 1. The van der Waals surface area contributed by atoms with Crippen LogP contribution >= 0.6 is 11.8 Å². The summed E-state index contributed by atoms with van der Waals surface area (Å²) in [5.41, 5.74) is 13.4. The second kappa shape index (κ2) is 20.6. The molecule has 0 bridgehead atoms. The number of unbranched alkanes of at least 4 members (excludes halogenated alkanes) is 1. The minimum atomic E-state index is -0.600. The van der Waals surface area contributed by atoms with E-state index in [1.165, 1.54) is 24.0 Å². The zero-order valence-electron chi connectivity index (χ0n) is 33.6. The number of phenols is 1. The van der Waals surface area contributed by atoms with E-state index < -0.39 is 5.91 Å². The van der Waals surface area contributed by atoms with Crippen LogP contribution in [-0.2, 0) is 11.2 Å². The lowest BCUT2D eigenvalue weighted by atomic mass is 10.0. The van der Waals surface area contributed by atoms with Gasteiger partial charge in [-0.05, 0) is 129 Å². The second-order valence-corrected chi connectivity index (χ2v) is 14.9. The Balaban J connectivity index is 1.03. The first-order valence-electron chi connectivity index (χ1n) is 19.3. The minimum absolute atomic E-state index is 0.140. The number of nitrogens with two attached hydrogens (primary N) is 1. The lowest BCUT2D eigenvalue weighted by Gasteiger charge is -2.16. The van der Waals surface area contributed by atoms with E-state index >= 15 is 0 Å². The Labute approximate surface area is 353 Å². The number of hydrogen-bond donors (Lipinski definition) is 6. The standard InChI is InChI=1S/C48H46N6O5S/c1-31-26-39(29-41-44(31)52-30-42(47(49)57)45(41)53-36-12-8-13-37(28-36)59-3)60-38-14-7-11-34(27-38)48(58)54-35-19-16-32(17-20-35)10-5-4-6-23-51-24-22-33-18-21-43(56)46(50-2)40(33)15-9-25-55/h7-9,11-21,25-30,50-51,56H,4,6,22-24H2,1-3H3,(H2,49,57)(H,52,53)(H,54,58)/b15-9-. The monoisotopic (exact) mass is 818 g/mol. The van der Waals surface area contributed by atoms with Gasteiger partial charge in [0.1, 0.15) is 17.8 Å². The summed E-state index contributed by atoms with van der Waals surface area (Å²) in [5.74, 6) is 6.39. The van der Waals surface area contributed by atoms with Gasteiger partial charge < -0.3 is 36.8 Å². The van der Waals surface area contributed by atoms with Crippen LogP contribution in [0.3, 0.4) is 0 Å². The number of carbonyl (C=O) groups is 3. The number of nitrogens with one attached hydrogen (secondary N) is 4. The molecule has 0 spiro atoms. The number of allylic oxidation sites excluding steroid dienone is 1. The molecule has 60 heavy (non-hydrogen) atoms. The number of aldehydes is 1. The van der Waals surface area contributed by atoms with Gasteiger partial charge in [0.05, 0.1) is 29.6 Å². The van der Waals surface area contributed by atoms with Crippen molar-refractivity contribution in [2.24, 2.45) is 5.73 Å². The van der Waals surface area contributed by atoms with E-state index in [4.69, 9.17) is 10.5 Å². The number of rotatable bonds is 17. The van der Waals surface area contributed by atoms with Gasteiger partial charge in [-0.2, -0.15) is 0 Å². The predicted molar refractivity (Wildman–Crippen MR) is 242 cm³/mol. The number of benzene rings is 5. The molecule has 0 saturated heterocycles. The first-order valence-corrected chi connectivity index (χ1v) is 20.2. The van der Waals surface area contributed by atoms with Crippen molar-refractivity contribution in [2.45, 2.75) is 36.0 Å². The number of amides is 2. The van der Waals surface area contributed by atoms with Gasteiger partial charge in [0.2, 0.25) is 0 Å². The molecule has 0 atom stereocenters. The van der Waals surface area contributed by atoms with E-state index in [-0.39, 0.29) is 17.2 Å². The van der Waals surface area contributed by atoms with Crippen molar-refractivity contribution in [3.05, 3.63) is 143 Å². The van der Waals surface area contributed by atoms with Crippen molar-refractivity contribution in [3.8, 4) is 23.3 Å². The third kappa shape index (κ3) is 10.9. The number of fused-ring (bicyclic) bond motifs is 1. The molecule has 0 aliphatic rings. The van der Waals surface area contributed by atoms with E-state index in [9.17, 15) is 19.5 Å². The molecule has 0 aliphatic heterocycles. The molecule has 1 heterocycles. The van der Waals surface area contributed by atoms with Crippen LogP contribution in [0.1, 0.15) is 55.8 Å². The average Bonchev–Trinajstić information content (AvgIpc) is 3.25. The van der Waals surface area contributed by atoms with Gasteiger partial charge in [-0.25, -0.2) is 0 Å². The predicted octanol–water partition coefficient (Wildman–Crippen LogP) is 8.72. The molecule has 0 radical (unpaired) electrons. The smallest absolute Gasteiger partial charge is 0.255 e. The molecule has 6 rings (SSSR count). The first-order chi connectivity index (χ1) is 29.2. The molecule has 0 aliphatic carbocycles. The maximum Gasteiger partial charge on any atom is 0.255 e. The maximum atomic E-state index is 13.3. The van der Waals surface area contributed by atoms with E-state index in [0.717, 1.165) is 87.3 Å². The van der Waals surface area contributed by atoms with Gasteiger partial charge in [0, 0.05) is 69.0 Å². The third-order valence-electron chi connectivity index (χ3n) is 9.58. The van der Waals surface area contributed by atoms with Crippen molar-refractivity contribution >= 4 is 69.6 Å². The largest absolute Gasteiger partial charge is 0.506 e. The number of pyridine rings is 1. The highest BCUT2D eigenvalue weighted by molar-refractivity contribution is 7.99. The fourth-order valence-electron chi connectivity index (χ4n) is 6.62. The third-order valence-corrected chi connectivity index (χ3v) is 10.5. The van der Waals surface area contributed by atoms with Crippen LogP contribution in [0.2, 0.25) is 0 Å². The number of hydrogen-bond acceptors (Lipinski definition) is 10. The SMILES string of the molecule is CNc1c(O)ccc(CCNCCCC#Cc2ccc(NC(=O)c3cccc(Sc4cc(C)c5ncc(C(N)=O)c(Nc6cccc(OC)c6)c5c4)c3)cc2)c1/C=C\C=O. The van der Waals surface area contributed by atoms with E-state index in [2.05, 4.69) is 38.1 Å². The maximum absolute atomic E-state index is 13.3. The zero-order chi connectivity index (χ0) is 42.4. The number of nitrogens with zero attached hydrogens (tertiary/aromatic N) is 1. The summed E-state index contributed by atoms with van der Waals surface area (Å²) in [6.45, 7) is 3.51. The zero-order valence-corrected chi connectivity index (χ0v) is 34.4. The van der Waals surface area contributed by atoms with Crippen molar-refractivity contribution < 1.29 is 24.2 Å². The molecule has 12 heteroatoms. The molecule has 2 amide bonds. The number of aryl methyl sites for hydroxylation is 1. The highest BCUT2D eigenvalue weighted by Crippen LogP contribution is 2.37. The number of ether oxygens (including phenoxy) is 1. The summed E-state index contributed by atoms with van der Waals surface area (Å²) >= 11 is 1.50. The number of carbonyl (C=O) groups excluding carboxylic acids is 3. The number of aromatic hydroxyl groups is 1. The van der Waals surface area contributed by atoms with Crippen LogP contribution in [0, 0.1) is 18.8 Å². The number of primary amides is 1. The number of methoxy groups -OCH3 is 1. The van der Waals surface area contributed by atoms with E-state index in [1.54, 1.807) is 32.4 Å². The lowest BCUT2D eigenvalue weighted by molar-refractivity contribution is -0.104. The molecular formula is C48H46N6O5S. The van der Waals surface area contributed by atoms with Crippen molar-refractivity contribution in [1.29, 1.82) is 0 Å². The van der Waals surface area contributed by atoms with Crippen molar-refractivity contribution in [3.63, 3.8) is 0 Å². The summed E-state index contributed by atoms with van der Waals surface area (Å²) in [4.78, 5) is 43.1. The molecule has 7 N–H and O–H groups in total. The van der Waals surface area contributed by atoms with Gasteiger partial charge >= 0.3 is 0 Å². The van der Waals surface area contributed by atoms with Crippen LogP contribution in [0.25, 0.3) is 17.0 Å².